The molecule has 0 amide bonds. The molecule has 4 heteroatoms. The number of hydrogen-bond acceptors (Lipinski definition) is 4. The van der Waals surface area contributed by atoms with Gasteiger partial charge in [0.15, 0.2) is 0 Å². The molecule has 1 saturated heterocycles. The Kier molecular flexibility index (Phi) is 3.25. The van der Waals surface area contributed by atoms with Crippen molar-refractivity contribution in [1.29, 1.82) is 0 Å². The molecule has 4 nitrogen and oxygen atoms in total. The molecule has 1 aromatic heterocycles. The van der Waals surface area contributed by atoms with Gasteiger partial charge in [0.1, 0.15) is 11.9 Å². The van der Waals surface area contributed by atoms with Gasteiger partial charge in [-0.2, -0.15) is 0 Å². The van der Waals surface area contributed by atoms with Gasteiger partial charge in [0.25, 0.3) is 0 Å². The predicted octanol–water partition coefficient (Wildman–Crippen LogP) is 2.74. The van der Waals surface area contributed by atoms with E-state index < -0.39 is 0 Å². The Morgan fingerprint density at radius 1 is 1.37 bits per heavy atom. The van der Waals surface area contributed by atoms with Crippen LogP contribution in [0.15, 0.2) is 39.7 Å². The van der Waals surface area contributed by atoms with Crippen LogP contribution in [-0.2, 0) is 4.74 Å². The zero-order valence-electron chi connectivity index (χ0n) is 10.8. The Morgan fingerprint density at radius 2 is 2.26 bits per heavy atom. The van der Waals surface area contributed by atoms with E-state index in [9.17, 15) is 4.79 Å². The Bertz CT molecular complexity index is 625. The standard InChI is InChI=1S/C15H16O4/c1-10(14-3-2-7-17-14)19-12-4-5-13-11(9-12)6-8-18-15(13)16/h4-6,8-10,14H,2-3,7H2,1H3/t10-,14?/m0/s1. The average molecular weight is 260 g/mol. The molecule has 2 heterocycles. The van der Waals surface area contributed by atoms with Crippen molar-refractivity contribution in [3.8, 4) is 5.75 Å². The number of fused-ring (bicyclic) bond motifs is 1. The molecule has 1 aliphatic heterocycles. The Labute approximate surface area is 110 Å². The van der Waals surface area contributed by atoms with Gasteiger partial charge in [-0.25, -0.2) is 4.79 Å². The molecule has 2 aromatic rings. The maximum atomic E-state index is 11.5. The summed E-state index contributed by atoms with van der Waals surface area (Å²) in [6, 6.07) is 7.15. The normalized spacial score (nSPS) is 20.6. The van der Waals surface area contributed by atoms with Crippen LogP contribution >= 0.6 is 0 Å². The molecule has 0 bridgehead atoms. The Morgan fingerprint density at radius 3 is 3.05 bits per heavy atom. The minimum atomic E-state index is -0.323. The highest BCUT2D eigenvalue weighted by atomic mass is 16.5. The number of ether oxygens (including phenoxy) is 2. The molecule has 0 radical (unpaired) electrons. The van der Waals surface area contributed by atoms with Crippen LogP contribution in [0.4, 0.5) is 0 Å². The SMILES string of the molecule is C[C@H](Oc1ccc2c(=O)occc2c1)C1CCCO1. The summed E-state index contributed by atoms with van der Waals surface area (Å²) in [7, 11) is 0. The van der Waals surface area contributed by atoms with E-state index >= 15 is 0 Å². The molecule has 0 aliphatic carbocycles. The van der Waals surface area contributed by atoms with Gasteiger partial charge in [0, 0.05) is 6.61 Å². The van der Waals surface area contributed by atoms with E-state index in [1.807, 2.05) is 13.0 Å². The summed E-state index contributed by atoms with van der Waals surface area (Å²) < 4.78 is 16.3. The fourth-order valence-electron chi connectivity index (χ4n) is 2.43. The summed E-state index contributed by atoms with van der Waals surface area (Å²) in [5.74, 6) is 0.751. The van der Waals surface area contributed by atoms with Crippen molar-refractivity contribution in [2.45, 2.75) is 32.0 Å². The van der Waals surface area contributed by atoms with Crippen molar-refractivity contribution >= 4 is 10.8 Å². The summed E-state index contributed by atoms with van der Waals surface area (Å²) in [6.07, 6.45) is 3.71. The first-order valence-corrected chi connectivity index (χ1v) is 6.54. The van der Waals surface area contributed by atoms with Crippen LogP contribution in [-0.4, -0.2) is 18.8 Å². The van der Waals surface area contributed by atoms with Crippen LogP contribution in [0.25, 0.3) is 10.8 Å². The zero-order valence-corrected chi connectivity index (χ0v) is 10.8. The molecule has 1 aliphatic rings. The molecule has 100 valence electrons. The highest BCUT2D eigenvalue weighted by molar-refractivity contribution is 5.82. The minimum absolute atomic E-state index is 0.0140. The van der Waals surface area contributed by atoms with Gasteiger partial charge in [-0.15, -0.1) is 0 Å². The first-order valence-electron chi connectivity index (χ1n) is 6.54. The quantitative estimate of drug-likeness (QED) is 0.851. The maximum absolute atomic E-state index is 11.5. The van der Waals surface area contributed by atoms with E-state index in [2.05, 4.69) is 0 Å². The summed E-state index contributed by atoms with van der Waals surface area (Å²) in [5, 5.41) is 1.40. The molecule has 0 N–H and O–H groups in total. The van der Waals surface area contributed by atoms with Gasteiger partial charge in [0.2, 0.25) is 0 Å². The van der Waals surface area contributed by atoms with Gasteiger partial charge >= 0.3 is 5.63 Å². The zero-order chi connectivity index (χ0) is 13.2. The lowest BCUT2D eigenvalue weighted by molar-refractivity contribution is 0.0215. The third kappa shape index (κ3) is 2.49. The smallest absolute Gasteiger partial charge is 0.343 e. The Balaban J connectivity index is 1.83. The van der Waals surface area contributed by atoms with Crippen LogP contribution in [0.1, 0.15) is 19.8 Å². The lowest BCUT2D eigenvalue weighted by atomic mass is 10.1. The lowest BCUT2D eigenvalue weighted by Crippen LogP contribution is -2.27. The van der Waals surface area contributed by atoms with Gasteiger partial charge < -0.3 is 13.9 Å². The first kappa shape index (κ1) is 12.2. The van der Waals surface area contributed by atoms with Crippen molar-refractivity contribution in [3.63, 3.8) is 0 Å². The number of hydrogen-bond donors (Lipinski definition) is 0. The van der Waals surface area contributed by atoms with Crippen molar-refractivity contribution in [1.82, 2.24) is 0 Å². The van der Waals surface area contributed by atoms with Crippen LogP contribution in [0.3, 0.4) is 0 Å². The minimum Gasteiger partial charge on any atom is -0.488 e. The van der Waals surface area contributed by atoms with E-state index in [1.54, 1.807) is 18.2 Å². The largest absolute Gasteiger partial charge is 0.488 e. The molecule has 1 fully saturated rings. The van der Waals surface area contributed by atoms with Gasteiger partial charge in [-0.1, -0.05) is 0 Å². The highest BCUT2D eigenvalue weighted by Gasteiger charge is 2.23. The van der Waals surface area contributed by atoms with E-state index in [0.29, 0.717) is 5.39 Å². The van der Waals surface area contributed by atoms with E-state index in [-0.39, 0.29) is 17.8 Å². The third-order valence-electron chi connectivity index (χ3n) is 3.48. The van der Waals surface area contributed by atoms with Crippen molar-refractivity contribution in [2.75, 3.05) is 6.61 Å². The Hall–Kier alpha value is -1.81. The van der Waals surface area contributed by atoms with Gasteiger partial charge in [0.05, 0.1) is 17.8 Å². The van der Waals surface area contributed by atoms with Crippen LogP contribution in [0, 0.1) is 0 Å². The maximum Gasteiger partial charge on any atom is 0.343 e. The second kappa shape index (κ2) is 5.05. The fraction of sp³-hybridized carbons (Fsp3) is 0.400. The third-order valence-corrected chi connectivity index (χ3v) is 3.48. The van der Waals surface area contributed by atoms with Crippen LogP contribution in [0.5, 0.6) is 5.75 Å². The molecule has 0 spiro atoms. The number of rotatable bonds is 3. The summed E-state index contributed by atoms with van der Waals surface area (Å²) in [4.78, 5) is 11.5. The van der Waals surface area contributed by atoms with Gasteiger partial charge in [-0.3, -0.25) is 0 Å². The number of benzene rings is 1. The van der Waals surface area contributed by atoms with E-state index in [4.69, 9.17) is 13.9 Å². The first-order chi connectivity index (χ1) is 9.24. The highest BCUT2D eigenvalue weighted by Crippen LogP contribution is 2.23. The molecule has 19 heavy (non-hydrogen) atoms. The lowest BCUT2D eigenvalue weighted by Gasteiger charge is -2.20. The summed E-state index contributed by atoms with van der Waals surface area (Å²) in [6.45, 7) is 2.83. The van der Waals surface area contributed by atoms with E-state index in [1.165, 1.54) is 6.26 Å². The molecule has 3 rings (SSSR count). The second-order valence-corrected chi connectivity index (χ2v) is 4.83. The molecular formula is C15H16O4. The van der Waals surface area contributed by atoms with Crippen LogP contribution < -0.4 is 10.4 Å². The molecular weight excluding hydrogens is 244 g/mol. The fourth-order valence-corrected chi connectivity index (χ4v) is 2.43. The van der Waals surface area contributed by atoms with Crippen molar-refractivity contribution < 1.29 is 13.9 Å². The van der Waals surface area contributed by atoms with Crippen molar-refractivity contribution in [2.24, 2.45) is 0 Å². The topological polar surface area (TPSA) is 48.7 Å². The van der Waals surface area contributed by atoms with Crippen LogP contribution in [0.2, 0.25) is 0 Å². The molecule has 0 saturated carbocycles. The van der Waals surface area contributed by atoms with Crippen molar-refractivity contribution in [3.05, 3.63) is 40.9 Å². The average Bonchev–Trinajstić information content (AvgIpc) is 2.93. The molecule has 1 aromatic carbocycles. The van der Waals surface area contributed by atoms with E-state index in [0.717, 1.165) is 30.6 Å². The van der Waals surface area contributed by atoms with Gasteiger partial charge in [-0.05, 0) is 49.4 Å². The second-order valence-electron chi connectivity index (χ2n) is 4.83. The predicted molar refractivity (Wildman–Crippen MR) is 71.5 cm³/mol. The monoisotopic (exact) mass is 260 g/mol. The molecule has 2 atom stereocenters. The molecule has 1 unspecified atom stereocenters. The summed E-state index contributed by atoms with van der Waals surface area (Å²) in [5.41, 5.74) is -0.323. The summed E-state index contributed by atoms with van der Waals surface area (Å²) >= 11 is 0.